The Morgan fingerprint density at radius 1 is 0.767 bits per heavy atom. The van der Waals surface area contributed by atoms with E-state index in [1.54, 1.807) is 0 Å². The minimum Gasteiger partial charge on any atom is -0.494 e. The van der Waals surface area contributed by atoms with Gasteiger partial charge in [-0.1, -0.05) is 96.8 Å². The van der Waals surface area contributed by atoms with Crippen LogP contribution in [0.15, 0.2) is 42.6 Å². The molecule has 2 aromatic rings. The zero-order valence-electron chi connectivity index (χ0n) is 19.7. The minimum absolute atomic E-state index is 0.814. The first-order chi connectivity index (χ1) is 14.7. The summed E-state index contributed by atoms with van der Waals surface area (Å²) in [6, 6.07) is 12.8. The van der Waals surface area contributed by atoms with Gasteiger partial charge in [-0.2, -0.15) is 0 Å². The summed E-state index contributed by atoms with van der Waals surface area (Å²) in [5, 5.41) is 0. The molecule has 1 heterocycles. The number of nitrogens with zero attached hydrogens (tertiary/aromatic N) is 1. The average Bonchev–Trinajstić information content (AvgIpc) is 2.79. The third-order valence-corrected chi connectivity index (χ3v) is 6.11. The summed E-state index contributed by atoms with van der Waals surface area (Å²) in [6.07, 6.45) is 17.5. The highest BCUT2D eigenvalue weighted by Crippen LogP contribution is 2.23. The van der Waals surface area contributed by atoms with Crippen molar-refractivity contribution in [2.45, 2.75) is 97.8 Å². The van der Waals surface area contributed by atoms with Crippen LogP contribution in [0, 0.1) is 5.92 Å². The van der Waals surface area contributed by atoms with E-state index >= 15 is 0 Å². The normalized spacial score (nSPS) is 12.1. The van der Waals surface area contributed by atoms with Gasteiger partial charge in [0.2, 0.25) is 0 Å². The second kappa shape index (κ2) is 15.0. The van der Waals surface area contributed by atoms with Crippen molar-refractivity contribution < 1.29 is 4.74 Å². The molecular weight excluding hydrogens is 366 g/mol. The van der Waals surface area contributed by atoms with Gasteiger partial charge in [-0.3, -0.25) is 4.98 Å². The van der Waals surface area contributed by atoms with Crippen molar-refractivity contribution in [2.24, 2.45) is 5.92 Å². The lowest BCUT2D eigenvalue weighted by atomic mass is 10.0. The maximum absolute atomic E-state index is 5.91. The first kappa shape index (κ1) is 24.4. The molecule has 30 heavy (non-hydrogen) atoms. The minimum atomic E-state index is 0.814. The molecule has 1 atom stereocenters. The summed E-state index contributed by atoms with van der Waals surface area (Å²) in [4.78, 5) is 4.68. The second-order valence-electron chi connectivity index (χ2n) is 8.79. The Balaban J connectivity index is 1.67. The van der Waals surface area contributed by atoms with Gasteiger partial charge < -0.3 is 4.74 Å². The van der Waals surface area contributed by atoms with Gasteiger partial charge in [0.1, 0.15) is 5.75 Å². The zero-order valence-corrected chi connectivity index (χ0v) is 19.7. The number of unbranched alkanes of at least 4 members (excludes halogenated alkanes) is 7. The van der Waals surface area contributed by atoms with Gasteiger partial charge >= 0.3 is 0 Å². The van der Waals surface area contributed by atoms with Gasteiger partial charge in [0, 0.05) is 17.5 Å². The highest BCUT2D eigenvalue weighted by atomic mass is 16.5. The summed E-state index contributed by atoms with van der Waals surface area (Å²) in [5.41, 5.74) is 3.59. The summed E-state index contributed by atoms with van der Waals surface area (Å²) >= 11 is 0. The van der Waals surface area contributed by atoms with E-state index in [-0.39, 0.29) is 0 Å². The van der Waals surface area contributed by atoms with Crippen LogP contribution in [0.1, 0.15) is 97.1 Å². The van der Waals surface area contributed by atoms with Crippen molar-refractivity contribution in [3.63, 3.8) is 0 Å². The molecule has 0 bridgehead atoms. The quantitative estimate of drug-likeness (QED) is 0.259. The molecule has 0 spiro atoms. The van der Waals surface area contributed by atoms with Crippen LogP contribution in [0.2, 0.25) is 0 Å². The summed E-state index contributed by atoms with van der Waals surface area (Å²) < 4.78 is 5.91. The number of benzene rings is 1. The van der Waals surface area contributed by atoms with Gasteiger partial charge in [-0.05, 0) is 48.9 Å². The average molecular weight is 410 g/mol. The Labute approximate surface area is 185 Å². The van der Waals surface area contributed by atoms with Gasteiger partial charge in [0.05, 0.1) is 6.61 Å². The number of rotatable bonds is 16. The maximum Gasteiger partial charge on any atom is 0.119 e. The Morgan fingerprint density at radius 3 is 2.17 bits per heavy atom. The molecule has 0 N–H and O–H groups in total. The molecular formula is C28H43NO. The smallest absolute Gasteiger partial charge is 0.119 e. The lowest BCUT2D eigenvalue weighted by Crippen LogP contribution is -1.98. The molecule has 0 aliphatic heterocycles. The van der Waals surface area contributed by atoms with Crippen LogP contribution in [0.5, 0.6) is 5.75 Å². The topological polar surface area (TPSA) is 22.1 Å². The highest BCUT2D eigenvalue weighted by Gasteiger charge is 2.02. The van der Waals surface area contributed by atoms with Crippen molar-refractivity contribution in [1.29, 1.82) is 0 Å². The first-order valence-electron chi connectivity index (χ1n) is 12.4. The fourth-order valence-electron chi connectivity index (χ4n) is 3.74. The first-order valence-corrected chi connectivity index (χ1v) is 12.4. The van der Waals surface area contributed by atoms with Crippen LogP contribution >= 0.6 is 0 Å². The van der Waals surface area contributed by atoms with Crippen LogP contribution in [0.25, 0.3) is 11.1 Å². The van der Waals surface area contributed by atoms with Gasteiger partial charge in [-0.15, -0.1) is 0 Å². The van der Waals surface area contributed by atoms with Crippen molar-refractivity contribution in [2.75, 3.05) is 6.61 Å². The number of hydrogen-bond donors (Lipinski definition) is 0. The Morgan fingerprint density at radius 2 is 1.47 bits per heavy atom. The number of pyridine rings is 1. The standard InChI is InChI=1S/C28H43NO/c1-4-6-7-8-9-12-15-27-19-16-26(23-29-27)25-17-20-28(21-18-25)30-22-13-10-11-14-24(3)5-2/h16-21,23-24H,4-15,22H2,1-3H3. The molecule has 0 saturated carbocycles. The number of aryl methyl sites for hydroxylation is 1. The molecule has 0 amide bonds. The molecule has 2 heteroatoms. The highest BCUT2D eigenvalue weighted by molar-refractivity contribution is 5.63. The number of ether oxygens (including phenoxy) is 1. The van der Waals surface area contributed by atoms with E-state index in [1.807, 2.05) is 6.20 Å². The van der Waals surface area contributed by atoms with E-state index in [2.05, 4.69) is 62.2 Å². The summed E-state index contributed by atoms with van der Waals surface area (Å²) in [6.45, 7) is 7.70. The molecule has 0 fully saturated rings. The molecule has 1 unspecified atom stereocenters. The monoisotopic (exact) mass is 409 g/mol. The third-order valence-electron chi connectivity index (χ3n) is 6.11. The summed E-state index contributed by atoms with van der Waals surface area (Å²) in [7, 11) is 0. The SMILES string of the molecule is CCCCCCCCc1ccc(-c2ccc(OCCCCCC(C)CC)cc2)cn1. The van der Waals surface area contributed by atoms with E-state index in [9.17, 15) is 0 Å². The Bertz CT molecular complexity index is 662. The van der Waals surface area contributed by atoms with E-state index in [4.69, 9.17) is 4.74 Å². The summed E-state index contributed by atoms with van der Waals surface area (Å²) in [5.74, 6) is 1.82. The largest absolute Gasteiger partial charge is 0.494 e. The van der Waals surface area contributed by atoms with Gasteiger partial charge in [0.25, 0.3) is 0 Å². The molecule has 166 valence electrons. The lowest BCUT2D eigenvalue weighted by Gasteiger charge is -2.09. The lowest BCUT2D eigenvalue weighted by molar-refractivity contribution is 0.302. The van der Waals surface area contributed by atoms with Crippen LogP contribution in [0.3, 0.4) is 0 Å². The van der Waals surface area contributed by atoms with Gasteiger partial charge in [0.15, 0.2) is 0 Å². The molecule has 2 rings (SSSR count). The fraction of sp³-hybridized carbons (Fsp3) is 0.607. The van der Waals surface area contributed by atoms with E-state index in [1.165, 1.54) is 81.0 Å². The molecule has 2 nitrogen and oxygen atoms in total. The molecule has 0 radical (unpaired) electrons. The van der Waals surface area contributed by atoms with Crippen molar-refractivity contribution >= 4 is 0 Å². The fourth-order valence-corrected chi connectivity index (χ4v) is 3.74. The zero-order chi connectivity index (χ0) is 21.4. The molecule has 1 aromatic heterocycles. The molecule has 0 saturated heterocycles. The number of aromatic nitrogens is 1. The van der Waals surface area contributed by atoms with Crippen molar-refractivity contribution in [1.82, 2.24) is 4.98 Å². The Hall–Kier alpha value is -1.83. The van der Waals surface area contributed by atoms with E-state index < -0.39 is 0 Å². The molecule has 1 aromatic carbocycles. The van der Waals surface area contributed by atoms with E-state index in [0.29, 0.717) is 0 Å². The third kappa shape index (κ3) is 9.78. The molecule has 0 aliphatic carbocycles. The predicted molar refractivity (Wildman–Crippen MR) is 130 cm³/mol. The van der Waals surface area contributed by atoms with Crippen molar-refractivity contribution in [3.8, 4) is 16.9 Å². The predicted octanol–water partition coefficient (Wildman–Crippen LogP) is 8.64. The number of hydrogen-bond acceptors (Lipinski definition) is 2. The van der Waals surface area contributed by atoms with E-state index in [0.717, 1.165) is 31.1 Å². The molecule has 0 aliphatic rings. The van der Waals surface area contributed by atoms with Gasteiger partial charge in [-0.25, -0.2) is 0 Å². The van der Waals surface area contributed by atoms with Crippen LogP contribution in [0.4, 0.5) is 0 Å². The maximum atomic E-state index is 5.91. The Kier molecular flexibility index (Phi) is 12.3. The second-order valence-corrected chi connectivity index (χ2v) is 8.79. The van der Waals surface area contributed by atoms with Crippen molar-refractivity contribution in [3.05, 3.63) is 48.3 Å². The van der Waals surface area contributed by atoms with Crippen LogP contribution < -0.4 is 4.74 Å². The van der Waals surface area contributed by atoms with Crippen LogP contribution in [-0.4, -0.2) is 11.6 Å². The van der Waals surface area contributed by atoms with Crippen LogP contribution in [-0.2, 0) is 6.42 Å².